The molecule has 0 bridgehead atoms. The van der Waals surface area contributed by atoms with Gasteiger partial charge >= 0.3 is 0 Å². The van der Waals surface area contributed by atoms with Crippen LogP contribution in [0.25, 0.3) is 0 Å². The van der Waals surface area contributed by atoms with E-state index in [-0.39, 0.29) is 12.6 Å². The molecule has 2 rings (SSSR count). The van der Waals surface area contributed by atoms with E-state index in [4.69, 9.17) is 5.11 Å². The molecule has 2 aliphatic rings. The average Bonchev–Trinajstić information content (AvgIpc) is 2.58. The summed E-state index contributed by atoms with van der Waals surface area (Å²) >= 11 is 0. The number of nitrogens with zero attached hydrogens (tertiary/aromatic N) is 3. The Morgan fingerprint density at radius 3 is 3.07 bits per heavy atom. The molecule has 76 valence electrons. The largest absolute Gasteiger partial charge is 0.394 e. The van der Waals surface area contributed by atoms with E-state index in [9.17, 15) is 0 Å². The van der Waals surface area contributed by atoms with Crippen LogP contribution in [0.2, 0.25) is 0 Å². The topological polar surface area (TPSA) is 48.2 Å². The van der Waals surface area contributed by atoms with Crippen molar-refractivity contribution >= 4 is 12.2 Å². The van der Waals surface area contributed by atoms with Crippen LogP contribution in [0, 0.1) is 5.92 Å². The number of fused-ring (bicyclic) bond motifs is 1. The van der Waals surface area contributed by atoms with Gasteiger partial charge in [0, 0.05) is 11.8 Å². The van der Waals surface area contributed by atoms with Crippen LogP contribution in [0.4, 0.5) is 0 Å². The van der Waals surface area contributed by atoms with Gasteiger partial charge in [-0.1, -0.05) is 13.8 Å². The number of amidine groups is 1. The molecule has 0 aromatic heterocycles. The summed E-state index contributed by atoms with van der Waals surface area (Å²) in [5, 5.41) is 8.99. The monoisotopic (exact) mass is 193 g/mol. The van der Waals surface area contributed by atoms with Crippen LogP contribution in [0.5, 0.6) is 0 Å². The SMILES string of the molecule is CC(C)C1=CC2=N[C@@H](CO)CN2C=N1. The second kappa shape index (κ2) is 3.53. The molecular weight excluding hydrogens is 178 g/mol. The first-order valence-corrected chi connectivity index (χ1v) is 4.92. The number of aliphatic hydroxyl groups excluding tert-OH is 1. The molecule has 0 saturated heterocycles. The van der Waals surface area contributed by atoms with Crippen molar-refractivity contribution in [1.82, 2.24) is 4.90 Å². The Morgan fingerprint density at radius 1 is 1.64 bits per heavy atom. The molecule has 0 amide bonds. The van der Waals surface area contributed by atoms with Gasteiger partial charge in [-0.05, 0) is 5.92 Å². The number of rotatable bonds is 2. The van der Waals surface area contributed by atoms with E-state index in [2.05, 4.69) is 23.8 Å². The third-order valence-corrected chi connectivity index (χ3v) is 2.44. The molecular formula is C10H15N3O. The molecule has 0 aliphatic carbocycles. The first-order valence-electron chi connectivity index (χ1n) is 4.92. The third-order valence-electron chi connectivity index (χ3n) is 2.44. The molecule has 2 heterocycles. The molecule has 0 spiro atoms. The van der Waals surface area contributed by atoms with E-state index < -0.39 is 0 Å². The van der Waals surface area contributed by atoms with Crippen molar-refractivity contribution in [2.24, 2.45) is 15.9 Å². The maximum atomic E-state index is 8.99. The van der Waals surface area contributed by atoms with Gasteiger partial charge in [-0.3, -0.25) is 4.99 Å². The molecule has 0 saturated carbocycles. The number of allylic oxidation sites excluding steroid dienone is 1. The summed E-state index contributed by atoms with van der Waals surface area (Å²) in [5.41, 5.74) is 1.05. The Labute approximate surface area is 83.7 Å². The van der Waals surface area contributed by atoms with Crippen LogP contribution in [-0.2, 0) is 0 Å². The Balaban J connectivity index is 2.20. The molecule has 4 heteroatoms. The standard InChI is InChI=1S/C10H15N3O/c1-7(2)9-3-10-12-8(5-14)4-13(10)6-11-9/h3,6-8,14H,4-5H2,1-2H3/t8-/m1/s1. The zero-order valence-corrected chi connectivity index (χ0v) is 8.51. The summed E-state index contributed by atoms with van der Waals surface area (Å²) in [6.07, 6.45) is 3.81. The first-order chi connectivity index (χ1) is 6.70. The van der Waals surface area contributed by atoms with Crippen LogP contribution >= 0.6 is 0 Å². The highest BCUT2D eigenvalue weighted by Gasteiger charge is 2.24. The Bertz CT molecular complexity index is 317. The van der Waals surface area contributed by atoms with E-state index >= 15 is 0 Å². The molecule has 2 aliphatic heterocycles. The predicted molar refractivity (Wildman–Crippen MR) is 56.4 cm³/mol. The van der Waals surface area contributed by atoms with Gasteiger partial charge in [-0.2, -0.15) is 0 Å². The zero-order chi connectivity index (χ0) is 10.1. The highest BCUT2D eigenvalue weighted by Crippen LogP contribution is 2.18. The second-order valence-corrected chi connectivity index (χ2v) is 3.94. The molecule has 14 heavy (non-hydrogen) atoms. The van der Waals surface area contributed by atoms with Crippen LogP contribution in [0.1, 0.15) is 13.8 Å². The minimum Gasteiger partial charge on any atom is -0.394 e. The van der Waals surface area contributed by atoms with Crippen molar-refractivity contribution in [2.75, 3.05) is 13.2 Å². The highest BCUT2D eigenvalue weighted by atomic mass is 16.3. The maximum Gasteiger partial charge on any atom is 0.131 e. The number of hydrogen-bond donors (Lipinski definition) is 1. The fourth-order valence-corrected chi connectivity index (χ4v) is 1.57. The lowest BCUT2D eigenvalue weighted by Crippen LogP contribution is -2.30. The molecule has 1 N–H and O–H groups in total. The summed E-state index contributed by atoms with van der Waals surface area (Å²) < 4.78 is 0. The minimum absolute atomic E-state index is 0.0132. The molecule has 0 radical (unpaired) electrons. The van der Waals surface area contributed by atoms with Crippen molar-refractivity contribution in [3.05, 3.63) is 11.8 Å². The lowest BCUT2D eigenvalue weighted by atomic mass is 10.1. The third kappa shape index (κ3) is 1.57. The molecule has 4 nitrogen and oxygen atoms in total. The second-order valence-electron chi connectivity index (χ2n) is 3.94. The van der Waals surface area contributed by atoms with Crippen molar-refractivity contribution in [3.8, 4) is 0 Å². The summed E-state index contributed by atoms with van der Waals surface area (Å²) in [6, 6.07) is 0.0132. The molecule has 0 unspecified atom stereocenters. The molecule has 0 aromatic rings. The molecule has 0 aromatic carbocycles. The summed E-state index contributed by atoms with van der Waals surface area (Å²) in [5.74, 6) is 1.35. The van der Waals surface area contributed by atoms with E-state index in [1.54, 1.807) is 0 Å². The van der Waals surface area contributed by atoms with E-state index in [0.29, 0.717) is 5.92 Å². The lowest BCUT2D eigenvalue weighted by molar-refractivity contribution is 0.265. The van der Waals surface area contributed by atoms with E-state index in [0.717, 1.165) is 18.1 Å². The molecule has 1 atom stereocenters. The van der Waals surface area contributed by atoms with E-state index in [1.807, 2.05) is 17.3 Å². The van der Waals surface area contributed by atoms with Gasteiger partial charge in [0.05, 0.1) is 25.5 Å². The van der Waals surface area contributed by atoms with Crippen molar-refractivity contribution in [1.29, 1.82) is 0 Å². The van der Waals surface area contributed by atoms with Crippen LogP contribution in [-0.4, -0.2) is 41.4 Å². The molecule has 0 fully saturated rings. The smallest absolute Gasteiger partial charge is 0.131 e. The Kier molecular flexibility index (Phi) is 2.37. The van der Waals surface area contributed by atoms with Gasteiger partial charge < -0.3 is 10.0 Å². The summed E-state index contributed by atoms with van der Waals surface area (Å²) in [7, 11) is 0. The van der Waals surface area contributed by atoms with Gasteiger partial charge in [0.25, 0.3) is 0 Å². The maximum absolute atomic E-state index is 8.99. The highest BCUT2D eigenvalue weighted by molar-refractivity contribution is 6.03. The van der Waals surface area contributed by atoms with Gasteiger partial charge in [0.15, 0.2) is 0 Å². The van der Waals surface area contributed by atoms with Crippen molar-refractivity contribution in [2.45, 2.75) is 19.9 Å². The van der Waals surface area contributed by atoms with Gasteiger partial charge in [0.2, 0.25) is 0 Å². The van der Waals surface area contributed by atoms with E-state index in [1.165, 1.54) is 0 Å². The zero-order valence-electron chi connectivity index (χ0n) is 8.51. The number of aliphatic hydroxyl groups is 1. The van der Waals surface area contributed by atoms with Gasteiger partial charge in [0.1, 0.15) is 5.84 Å². The minimum atomic E-state index is 0.0132. The fourth-order valence-electron chi connectivity index (χ4n) is 1.57. The quantitative estimate of drug-likeness (QED) is 0.699. The summed E-state index contributed by atoms with van der Waals surface area (Å²) in [4.78, 5) is 10.7. The predicted octanol–water partition coefficient (Wildman–Crippen LogP) is 0.643. The normalized spacial score (nSPS) is 25.1. The Hall–Kier alpha value is -1.16. The van der Waals surface area contributed by atoms with Gasteiger partial charge in [-0.15, -0.1) is 0 Å². The van der Waals surface area contributed by atoms with Gasteiger partial charge in [-0.25, -0.2) is 4.99 Å². The lowest BCUT2D eigenvalue weighted by Gasteiger charge is -2.19. The Morgan fingerprint density at radius 2 is 2.43 bits per heavy atom. The number of aliphatic imine (C=N–C) groups is 2. The number of hydrogen-bond acceptors (Lipinski definition) is 4. The van der Waals surface area contributed by atoms with Crippen LogP contribution in [0.3, 0.4) is 0 Å². The fraction of sp³-hybridized carbons (Fsp3) is 0.600. The van der Waals surface area contributed by atoms with Crippen LogP contribution in [0.15, 0.2) is 21.8 Å². The van der Waals surface area contributed by atoms with Crippen molar-refractivity contribution in [3.63, 3.8) is 0 Å². The van der Waals surface area contributed by atoms with Crippen molar-refractivity contribution < 1.29 is 5.11 Å². The average molecular weight is 193 g/mol. The summed E-state index contributed by atoms with van der Waals surface area (Å²) in [6.45, 7) is 5.08. The first kappa shape index (κ1) is 9.40. The van der Waals surface area contributed by atoms with Crippen LogP contribution < -0.4 is 0 Å².